The zero-order chi connectivity index (χ0) is 19.2. The van der Waals surface area contributed by atoms with Gasteiger partial charge in [-0.15, -0.1) is 0 Å². The van der Waals surface area contributed by atoms with Crippen LogP contribution in [0, 0.1) is 0 Å². The van der Waals surface area contributed by atoms with Crippen molar-refractivity contribution in [3.8, 4) is 5.75 Å². The number of carbonyl (C=O) groups excluding carboxylic acids is 2. The molecule has 5 nitrogen and oxygen atoms in total. The van der Waals surface area contributed by atoms with E-state index in [4.69, 9.17) is 4.74 Å². The monoisotopic (exact) mass is 366 g/mol. The lowest BCUT2D eigenvalue weighted by atomic mass is 9.92. The maximum Gasteiger partial charge on any atom is 0.265 e. The highest BCUT2D eigenvalue weighted by Gasteiger charge is 2.20. The Morgan fingerprint density at radius 3 is 2.41 bits per heavy atom. The third kappa shape index (κ3) is 5.09. The first-order valence-corrected chi connectivity index (χ1v) is 9.52. The summed E-state index contributed by atoms with van der Waals surface area (Å²) in [6.07, 6.45) is 4.64. The van der Waals surface area contributed by atoms with E-state index in [0.29, 0.717) is 17.8 Å². The van der Waals surface area contributed by atoms with Crippen molar-refractivity contribution in [2.75, 3.05) is 10.6 Å². The summed E-state index contributed by atoms with van der Waals surface area (Å²) in [4.78, 5) is 23.8. The fourth-order valence-corrected chi connectivity index (χ4v) is 3.37. The highest BCUT2D eigenvalue weighted by atomic mass is 16.5. The third-order valence-corrected chi connectivity index (χ3v) is 4.71. The molecule has 142 valence electrons. The molecule has 0 spiro atoms. The Labute approximate surface area is 160 Å². The SMILES string of the molecule is CC[C@@H](Oc1ccc2c(c1)CCCC2)C(=O)Nc1cccc(NC(C)=O)c1. The number of fused-ring (bicyclic) bond motifs is 1. The molecular weight excluding hydrogens is 340 g/mol. The molecule has 0 saturated carbocycles. The number of amides is 2. The minimum absolute atomic E-state index is 0.152. The Bertz CT molecular complexity index is 832. The van der Waals surface area contributed by atoms with Gasteiger partial charge in [-0.2, -0.15) is 0 Å². The Hall–Kier alpha value is -2.82. The molecule has 3 rings (SSSR count). The van der Waals surface area contributed by atoms with Crippen molar-refractivity contribution < 1.29 is 14.3 Å². The van der Waals surface area contributed by atoms with E-state index >= 15 is 0 Å². The molecule has 0 radical (unpaired) electrons. The van der Waals surface area contributed by atoms with E-state index in [1.54, 1.807) is 24.3 Å². The second-order valence-electron chi connectivity index (χ2n) is 6.90. The number of rotatable bonds is 6. The van der Waals surface area contributed by atoms with Gasteiger partial charge in [0.25, 0.3) is 5.91 Å². The van der Waals surface area contributed by atoms with Crippen LogP contribution in [0.15, 0.2) is 42.5 Å². The van der Waals surface area contributed by atoms with Crippen LogP contribution in [0.3, 0.4) is 0 Å². The largest absolute Gasteiger partial charge is 0.481 e. The van der Waals surface area contributed by atoms with E-state index in [0.717, 1.165) is 18.6 Å². The average molecular weight is 366 g/mol. The third-order valence-electron chi connectivity index (χ3n) is 4.71. The Balaban J connectivity index is 1.66. The molecule has 0 bridgehead atoms. The zero-order valence-corrected chi connectivity index (χ0v) is 15.9. The van der Waals surface area contributed by atoms with Crippen molar-refractivity contribution >= 4 is 23.2 Å². The zero-order valence-electron chi connectivity index (χ0n) is 15.9. The summed E-state index contributed by atoms with van der Waals surface area (Å²) >= 11 is 0. The van der Waals surface area contributed by atoms with Gasteiger partial charge in [-0.1, -0.05) is 19.1 Å². The smallest absolute Gasteiger partial charge is 0.265 e. The molecule has 0 aromatic heterocycles. The van der Waals surface area contributed by atoms with Crippen LogP contribution in [0.2, 0.25) is 0 Å². The quantitative estimate of drug-likeness (QED) is 0.800. The molecule has 1 aliphatic rings. The molecule has 0 aliphatic heterocycles. The summed E-state index contributed by atoms with van der Waals surface area (Å²) in [5, 5.41) is 5.58. The topological polar surface area (TPSA) is 67.4 Å². The van der Waals surface area contributed by atoms with Crippen LogP contribution in [0.4, 0.5) is 11.4 Å². The van der Waals surface area contributed by atoms with Crippen molar-refractivity contribution in [2.24, 2.45) is 0 Å². The van der Waals surface area contributed by atoms with Gasteiger partial charge in [0.1, 0.15) is 5.75 Å². The van der Waals surface area contributed by atoms with E-state index < -0.39 is 6.10 Å². The summed E-state index contributed by atoms with van der Waals surface area (Å²) in [5.74, 6) is 0.389. The van der Waals surface area contributed by atoms with Crippen LogP contribution in [0.25, 0.3) is 0 Å². The van der Waals surface area contributed by atoms with Gasteiger partial charge in [0.2, 0.25) is 5.91 Å². The second kappa shape index (κ2) is 8.71. The average Bonchev–Trinajstić information content (AvgIpc) is 2.65. The minimum atomic E-state index is -0.573. The first-order chi connectivity index (χ1) is 13.0. The number of nitrogens with one attached hydrogen (secondary N) is 2. The van der Waals surface area contributed by atoms with Gasteiger partial charge in [0, 0.05) is 18.3 Å². The number of hydrogen-bond donors (Lipinski definition) is 2. The standard InChI is InChI=1S/C22H26N2O3/c1-3-21(27-20-12-11-16-7-4-5-8-17(16)13-20)22(26)24-19-10-6-9-18(14-19)23-15(2)25/h6,9-14,21H,3-5,7-8H2,1-2H3,(H,23,25)(H,24,26)/t21-/m1/s1. The van der Waals surface area contributed by atoms with Gasteiger partial charge in [-0.25, -0.2) is 0 Å². The van der Waals surface area contributed by atoms with Crippen molar-refractivity contribution in [3.63, 3.8) is 0 Å². The van der Waals surface area contributed by atoms with E-state index in [-0.39, 0.29) is 11.8 Å². The van der Waals surface area contributed by atoms with Gasteiger partial charge in [0.15, 0.2) is 6.10 Å². The molecule has 0 unspecified atom stereocenters. The minimum Gasteiger partial charge on any atom is -0.481 e. The summed E-state index contributed by atoms with van der Waals surface area (Å²) in [7, 11) is 0. The van der Waals surface area contributed by atoms with E-state index in [9.17, 15) is 9.59 Å². The summed E-state index contributed by atoms with van der Waals surface area (Å²) in [5.41, 5.74) is 3.99. The van der Waals surface area contributed by atoms with Gasteiger partial charge in [-0.3, -0.25) is 9.59 Å². The number of anilines is 2. The molecule has 0 saturated heterocycles. The molecule has 1 atom stereocenters. The fourth-order valence-electron chi connectivity index (χ4n) is 3.37. The van der Waals surface area contributed by atoms with Crippen LogP contribution in [-0.2, 0) is 22.4 Å². The molecule has 2 amide bonds. The lowest BCUT2D eigenvalue weighted by molar-refractivity contribution is -0.122. The molecule has 27 heavy (non-hydrogen) atoms. The number of aryl methyl sites for hydroxylation is 2. The maximum absolute atomic E-state index is 12.6. The van der Waals surface area contributed by atoms with Crippen LogP contribution >= 0.6 is 0 Å². The van der Waals surface area contributed by atoms with Crippen molar-refractivity contribution in [1.29, 1.82) is 0 Å². The molecule has 0 fully saturated rings. The second-order valence-corrected chi connectivity index (χ2v) is 6.90. The Morgan fingerprint density at radius 2 is 1.70 bits per heavy atom. The van der Waals surface area contributed by atoms with Crippen LogP contribution in [0.1, 0.15) is 44.2 Å². The normalized spacial score (nSPS) is 14.0. The lowest BCUT2D eigenvalue weighted by Crippen LogP contribution is -2.32. The fraction of sp³-hybridized carbons (Fsp3) is 0.364. The highest BCUT2D eigenvalue weighted by molar-refractivity contribution is 5.95. The van der Waals surface area contributed by atoms with Crippen molar-refractivity contribution in [1.82, 2.24) is 0 Å². The molecular formula is C22H26N2O3. The molecule has 2 aromatic rings. The van der Waals surface area contributed by atoms with Gasteiger partial charge >= 0.3 is 0 Å². The molecule has 1 aliphatic carbocycles. The van der Waals surface area contributed by atoms with Crippen molar-refractivity contribution in [2.45, 2.75) is 52.1 Å². The Morgan fingerprint density at radius 1 is 1.00 bits per heavy atom. The van der Waals surface area contributed by atoms with Crippen molar-refractivity contribution in [3.05, 3.63) is 53.6 Å². The molecule has 0 heterocycles. The summed E-state index contributed by atoms with van der Waals surface area (Å²) in [6.45, 7) is 3.38. The van der Waals surface area contributed by atoms with E-state index in [1.807, 2.05) is 13.0 Å². The Kier molecular flexibility index (Phi) is 6.12. The first-order valence-electron chi connectivity index (χ1n) is 9.52. The number of ether oxygens (including phenoxy) is 1. The van der Waals surface area contributed by atoms with Gasteiger partial charge < -0.3 is 15.4 Å². The van der Waals surface area contributed by atoms with E-state index in [1.165, 1.54) is 30.9 Å². The van der Waals surface area contributed by atoms with Crippen LogP contribution in [-0.4, -0.2) is 17.9 Å². The molecule has 2 N–H and O–H groups in total. The highest BCUT2D eigenvalue weighted by Crippen LogP contribution is 2.26. The lowest BCUT2D eigenvalue weighted by Gasteiger charge is -2.20. The molecule has 5 heteroatoms. The summed E-state index contributed by atoms with van der Waals surface area (Å²) < 4.78 is 5.98. The molecule has 2 aromatic carbocycles. The maximum atomic E-state index is 12.6. The van der Waals surface area contributed by atoms with Gasteiger partial charge in [0.05, 0.1) is 0 Å². The van der Waals surface area contributed by atoms with E-state index in [2.05, 4.69) is 22.8 Å². The number of carbonyl (C=O) groups is 2. The number of hydrogen-bond acceptors (Lipinski definition) is 3. The first kappa shape index (κ1) is 19.0. The van der Waals surface area contributed by atoms with Crippen LogP contribution < -0.4 is 15.4 Å². The summed E-state index contributed by atoms with van der Waals surface area (Å²) in [6, 6.07) is 13.2. The van der Waals surface area contributed by atoms with Gasteiger partial charge in [-0.05, 0) is 73.6 Å². The predicted molar refractivity (Wildman–Crippen MR) is 107 cm³/mol. The number of benzene rings is 2. The predicted octanol–water partition coefficient (Wildman–Crippen LogP) is 4.32. The van der Waals surface area contributed by atoms with Crippen LogP contribution in [0.5, 0.6) is 5.75 Å².